The molecule has 0 aliphatic carbocycles. The average Bonchev–Trinajstić information content (AvgIpc) is 2.79. The van der Waals surface area contributed by atoms with Crippen molar-refractivity contribution in [3.8, 4) is 5.75 Å². The van der Waals surface area contributed by atoms with Crippen LogP contribution >= 0.6 is 0 Å². The molecule has 1 unspecified atom stereocenters. The van der Waals surface area contributed by atoms with Crippen LogP contribution in [0.15, 0.2) is 18.2 Å². The summed E-state index contributed by atoms with van der Waals surface area (Å²) in [5.41, 5.74) is -1.38. The van der Waals surface area contributed by atoms with Gasteiger partial charge in [-0.2, -0.15) is 13.2 Å². The average molecular weight is 303 g/mol. The molecule has 1 aromatic rings. The van der Waals surface area contributed by atoms with Gasteiger partial charge in [-0.05, 0) is 18.2 Å². The predicted octanol–water partition coefficient (Wildman–Crippen LogP) is 2.15. The third-order valence-corrected chi connectivity index (χ3v) is 3.27. The fourth-order valence-electron chi connectivity index (χ4n) is 2.21. The van der Waals surface area contributed by atoms with E-state index >= 15 is 0 Å². The molecule has 2 rings (SSSR count). The third kappa shape index (κ3) is 2.93. The number of carbonyl (C=O) groups is 2. The minimum Gasteiger partial charge on any atom is -0.497 e. The van der Waals surface area contributed by atoms with Gasteiger partial charge in [-0.25, -0.2) is 0 Å². The first-order valence-electron chi connectivity index (χ1n) is 6.02. The van der Waals surface area contributed by atoms with Crippen molar-refractivity contribution in [2.75, 3.05) is 18.6 Å². The molecule has 114 valence electrons. The van der Waals surface area contributed by atoms with Gasteiger partial charge in [-0.1, -0.05) is 0 Å². The van der Waals surface area contributed by atoms with Crippen LogP contribution in [0.25, 0.3) is 0 Å². The van der Waals surface area contributed by atoms with Gasteiger partial charge in [0, 0.05) is 13.0 Å². The fourth-order valence-corrected chi connectivity index (χ4v) is 2.21. The van der Waals surface area contributed by atoms with Gasteiger partial charge in [-0.15, -0.1) is 0 Å². The minimum atomic E-state index is -4.68. The summed E-state index contributed by atoms with van der Waals surface area (Å²) in [7, 11) is 1.23. The number of ether oxygens (including phenoxy) is 1. The number of hydrogen-bond donors (Lipinski definition) is 1. The molecular formula is C13H12F3NO4. The number of halogens is 3. The van der Waals surface area contributed by atoms with Gasteiger partial charge >= 0.3 is 12.1 Å². The van der Waals surface area contributed by atoms with E-state index < -0.39 is 29.5 Å². The van der Waals surface area contributed by atoms with Crippen LogP contribution in [0.5, 0.6) is 5.75 Å². The summed E-state index contributed by atoms with van der Waals surface area (Å²) >= 11 is 0. The van der Waals surface area contributed by atoms with Crippen LogP contribution < -0.4 is 9.64 Å². The Labute approximate surface area is 117 Å². The van der Waals surface area contributed by atoms with Crippen LogP contribution in [0.2, 0.25) is 0 Å². The summed E-state index contributed by atoms with van der Waals surface area (Å²) < 4.78 is 44.0. The number of alkyl halides is 3. The lowest BCUT2D eigenvalue weighted by Crippen LogP contribution is -2.28. The Balaban J connectivity index is 2.44. The standard InChI is InChI=1S/C13H12F3NO4/c1-21-8-2-3-10(9(5-8)13(14,15)16)17-6-7(12(19)20)4-11(17)18/h2-3,5,7H,4,6H2,1H3,(H,19,20). The Morgan fingerprint density at radius 3 is 2.57 bits per heavy atom. The number of carbonyl (C=O) groups excluding carboxylic acids is 1. The Hall–Kier alpha value is -2.25. The van der Waals surface area contributed by atoms with E-state index in [2.05, 4.69) is 0 Å². The summed E-state index contributed by atoms with van der Waals surface area (Å²) in [4.78, 5) is 23.5. The van der Waals surface area contributed by atoms with Gasteiger partial charge in [-0.3, -0.25) is 9.59 Å². The van der Waals surface area contributed by atoms with Crippen LogP contribution in [0.4, 0.5) is 18.9 Å². The van der Waals surface area contributed by atoms with E-state index in [9.17, 15) is 22.8 Å². The summed E-state index contributed by atoms with van der Waals surface area (Å²) in [6, 6.07) is 3.20. The van der Waals surface area contributed by atoms with E-state index in [1.165, 1.54) is 13.2 Å². The second kappa shape index (κ2) is 5.27. The normalized spacial score (nSPS) is 19.0. The molecule has 0 radical (unpaired) electrons. The van der Waals surface area contributed by atoms with Gasteiger partial charge < -0.3 is 14.7 Å². The van der Waals surface area contributed by atoms with Crippen molar-refractivity contribution < 1.29 is 32.6 Å². The fraction of sp³-hybridized carbons (Fsp3) is 0.385. The second-order valence-electron chi connectivity index (χ2n) is 4.62. The first-order chi connectivity index (χ1) is 9.74. The van der Waals surface area contributed by atoms with Gasteiger partial charge in [0.15, 0.2) is 0 Å². The molecule has 1 aliphatic heterocycles. The predicted molar refractivity (Wildman–Crippen MR) is 66.1 cm³/mol. The molecule has 1 N–H and O–H groups in total. The number of benzene rings is 1. The lowest BCUT2D eigenvalue weighted by Gasteiger charge is -2.22. The summed E-state index contributed by atoms with van der Waals surface area (Å²) in [5, 5.41) is 8.89. The SMILES string of the molecule is COc1ccc(N2CC(C(=O)O)CC2=O)c(C(F)(F)F)c1. The molecule has 0 spiro atoms. The van der Waals surface area contributed by atoms with Crippen molar-refractivity contribution in [3.63, 3.8) is 0 Å². The number of hydrogen-bond acceptors (Lipinski definition) is 3. The Morgan fingerprint density at radius 2 is 2.10 bits per heavy atom. The smallest absolute Gasteiger partial charge is 0.418 e. The maximum absolute atomic E-state index is 13.1. The highest BCUT2D eigenvalue weighted by Crippen LogP contribution is 2.40. The Morgan fingerprint density at radius 1 is 1.43 bits per heavy atom. The summed E-state index contributed by atoms with van der Waals surface area (Å²) in [5.74, 6) is -2.83. The van der Waals surface area contributed by atoms with Crippen molar-refractivity contribution in [3.05, 3.63) is 23.8 Å². The van der Waals surface area contributed by atoms with E-state index in [0.29, 0.717) is 0 Å². The number of carboxylic acid groups (broad SMARTS) is 1. The number of nitrogens with zero attached hydrogens (tertiary/aromatic N) is 1. The maximum atomic E-state index is 13.1. The number of rotatable bonds is 3. The van der Waals surface area contributed by atoms with Crippen molar-refractivity contribution >= 4 is 17.6 Å². The molecule has 0 saturated carbocycles. The Kier molecular flexibility index (Phi) is 3.80. The zero-order chi connectivity index (χ0) is 15.8. The topological polar surface area (TPSA) is 66.8 Å². The number of methoxy groups -OCH3 is 1. The van der Waals surface area contributed by atoms with E-state index in [-0.39, 0.29) is 24.4 Å². The van der Waals surface area contributed by atoms with Crippen LogP contribution in [0.3, 0.4) is 0 Å². The molecule has 0 aromatic heterocycles. The van der Waals surface area contributed by atoms with Crippen LogP contribution in [0, 0.1) is 5.92 Å². The van der Waals surface area contributed by atoms with Crippen LogP contribution in [0.1, 0.15) is 12.0 Å². The highest BCUT2D eigenvalue weighted by Gasteiger charge is 2.41. The largest absolute Gasteiger partial charge is 0.497 e. The molecule has 1 aromatic carbocycles. The minimum absolute atomic E-state index is 0.00695. The zero-order valence-corrected chi connectivity index (χ0v) is 11.0. The van der Waals surface area contributed by atoms with Crippen molar-refractivity contribution in [2.45, 2.75) is 12.6 Å². The summed E-state index contributed by atoms with van der Waals surface area (Å²) in [6.07, 6.45) is -4.98. The molecule has 0 bridgehead atoms. The highest BCUT2D eigenvalue weighted by atomic mass is 19.4. The number of anilines is 1. The van der Waals surface area contributed by atoms with Crippen molar-refractivity contribution in [2.24, 2.45) is 5.92 Å². The van der Waals surface area contributed by atoms with Gasteiger partial charge in [0.25, 0.3) is 0 Å². The molecule has 21 heavy (non-hydrogen) atoms. The lowest BCUT2D eigenvalue weighted by atomic mass is 10.1. The van der Waals surface area contributed by atoms with Gasteiger partial charge in [0.05, 0.1) is 24.3 Å². The van der Waals surface area contributed by atoms with Crippen molar-refractivity contribution in [1.82, 2.24) is 0 Å². The molecule has 1 amide bonds. The summed E-state index contributed by atoms with van der Waals surface area (Å²) in [6.45, 7) is -0.274. The van der Waals surface area contributed by atoms with E-state index in [0.717, 1.165) is 17.0 Å². The second-order valence-corrected chi connectivity index (χ2v) is 4.62. The molecule has 1 fully saturated rings. The number of aliphatic carboxylic acids is 1. The number of carboxylic acids is 1. The van der Waals surface area contributed by atoms with E-state index in [1.807, 2.05) is 0 Å². The molecule has 1 heterocycles. The van der Waals surface area contributed by atoms with Crippen molar-refractivity contribution in [1.29, 1.82) is 0 Å². The van der Waals surface area contributed by atoms with Gasteiger partial charge in [0.2, 0.25) is 5.91 Å². The Bertz CT molecular complexity index is 585. The van der Waals surface area contributed by atoms with Crippen LogP contribution in [-0.4, -0.2) is 30.6 Å². The third-order valence-electron chi connectivity index (χ3n) is 3.27. The highest BCUT2D eigenvalue weighted by molar-refractivity contribution is 5.99. The van der Waals surface area contributed by atoms with E-state index in [4.69, 9.17) is 9.84 Å². The van der Waals surface area contributed by atoms with E-state index in [1.54, 1.807) is 0 Å². The molecule has 8 heteroatoms. The lowest BCUT2D eigenvalue weighted by molar-refractivity contribution is -0.141. The molecule has 1 atom stereocenters. The quantitative estimate of drug-likeness (QED) is 0.929. The molecule has 5 nitrogen and oxygen atoms in total. The molecular weight excluding hydrogens is 291 g/mol. The van der Waals surface area contributed by atoms with Gasteiger partial charge in [0.1, 0.15) is 5.75 Å². The maximum Gasteiger partial charge on any atom is 0.418 e. The zero-order valence-electron chi connectivity index (χ0n) is 11.0. The monoisotopic (exact) mass is 303 g/mol. The van der Waals surface area contributed by atoms with Crippen LogP contribution in [-0.2, 0) is 15.8 Å². The first-order valence-corrected chi connectivity index (χ1v) is 6.02. The number of amides is 1. The molecule has 1 saturated heterocycles. The first kappa shape index (κ1) is 15.1. The molecule has 1 aliphatic rings.